The van der Waals surface area contributed by atoms with Gasteiger partial charge < -0.3 is 10.2 Å². The summed E-state index contributed by atoms with van der Waals surface area (Å²) in [5, 5.41) is 3.03. The molecule has 1 aliphatic carbocycles. The molecule has 1 atom stereocenters. The minimum Gasteiger partial charge on any atom is -0.355 e. The molecule has 0 spiro atoms. The first kappa shape index (κ1) is 24.2. The number of nitrogens with zero attached hydrogens (tertiary/aromatic N) is 4. The fraction of sp³-hybridized carbons (Fsp3) is 0.571. The van der Waals surface area contributed by atoms with Crippen molar-refractivity contribution in [2.45, 2.75) is 51.1 Å². The van der Waals surface area contributed by atoms with Crippen molar-refractivity contribution in [3.8, 4) is 0 Å². The smallest absolute Gasteiger partial charge is 0.269 e. The number of halogens is 1. The van der Waals surface area contributed by atoms with E-state index in [1.54, 1.807) is 12.1 Å². The number of pyridine rings is 1. The number of aromatic nitrogens is 1. The van der Waals surface area contributed by atoms with E-state index in [9.17, 15) is 9.18 Å². The molecule has 1 unspecified atom stereocenters. The number of nitrogens with one attached hydrogen (secondary N) is 1. The van der Waals surface area contributed by atoms with Gasteiger partial charge in [0.1, 0.15) is 17.3 Å². The number of hydrogen-bond donors (Lipinski definition) is 1. The minimum atomic E-state index is -0.173. The van der Waals surface area contributed by atoms with Crippen molar-refractivity contribution in [1.29, 1.82) is 0 Å². The Morgan fingerprint density at radius 1 is 1.00 bits per heavy atom. The third-order valence-corrected chi connectivity index (χ3v) is 7.99. The van der Waals surface area contributed by atoms with Crippen molar-refractivity contribution in [2.75, 3.05) is 50.7 Å². The normalized spacial score (nSPS) is 21.5. The van der Waals surface area contributed by atoms with E-state index in [0.717, 1.165) is 58.1 Å². The number of anilines is 1. The Labute approximate surface area is 208 Å². The topological polar surface area (TPSA) is 51.7 Å². The molecule has 6 nitrogen and oxygen atoms in total. The van der Waals surface area contributed by atoms with Crippen LogP contribution in [0.25, 0.3) is 0 Å². The SMILES string of the molecule is CC(c1ccc(F)cc1)N1CCC(N2CCCN(c3cccc(C(=O)NCC4CC4)n3)CC2)CC1. The van der Waals surface area contributed by atoms with E-state index in [1.807, 2.05) is 30.3 Å². The van der Waals surface area contributed by atoms with Gasteiger partial charge in [0, 0.05) is 57.9 Å². The molecule has 5 rings (SSSR count). The molecule has 1 saturated carbocycles. The van der Waals surface area contributed by atoms with Crippen molar-refractivity contribution in [3.63, 3.8) is 0 Å². The summed E-state index contributed by atoms with van der Waals surface area (Å²) >= 11 is 0. The fourth-order valence-corrected chi connectivity index (χ4v) is 5.50. The zero-order valence-electron chi connectivity index (χ0n) is 20.8. The van der Waals surface area contributed by atoms with Gasteiger partial charge in [-0.1, -0.05) is 18.2 Å². The molecule has 1 amide bonds. The van der Waals surface area contributed by atoms with Crippen molar-refractivity contribution in [3.05, 3.63) is 59.5 Å². The maximum atomic E-state index is 13.3. The van der Waals surface area contributed by atoms with Crippen LogP contribution in [0.1, 0.15) is 61.1 Å². The predicted octanol–water partition coefficient (Wildman–Crippen LogP) is 4.10. The molecule has 3 fully saturated rings. The van der Waals surface area contributed by atoms with Crippen molar-refractivity contribution >= 4 is 11.7 Å². The van der Waals surface area contributed by atoms with Gasteiger partial charge in [0.25, 0.3) is 5.91 Å². The number of likely N-dealkylation sites (tertiary alicyclic amines) is 1. The molecule has 2 aliphatic heterocycles. The third kappa shape index (κ3) is 6.19. The maximum Gasteiger partial charge on any atom is 0.269 e. The van der Waals surface area contributed by atoms with Gasteiger partial charge >= 0.3 is 0 Å². The number of amides is 1. The molecular formula is C28H38FN5O. The van der Waals surface area contributed by atoms with Gasteiger partial charge in [0.05, 0.1) is 0 Å². The second-order valence-corrected chi connectivity index (χ2v) is 10.4. The van der Waals surface area contributed by atoms with Gasteiger partial charge in [0.15, 0.2) is 0 Å². The molecule has 0 bridgehead atoms. The van der Waals surface area contributed by atoms with Crippen molar-refractivity contribution < 1.29 is 9.18 Å². The predicted molar refractivity (Wildman–Crippen MR) is 137 cm³/mol. The van der Waals surface area contributed by atoms with Gasteiger partial charge in [-0.05, 0) is 74.8 Å². The monoisotopic (exact) mass is 479 g/mol. The van der Waals surface area contributed by atoms with Crippen LogP contribution in [0, 0.1) is 11.7 Å². The zero-order valence-corrected chi connectivity index (χ0v) is 20.8. The summed E-state index contributed by atoms with van der Waals surface area (Å²) in [6.07, 6.45) is 5.89. The third-order valence-electron chi connectivity index (χ3n) is 7.99. The van der Waals surface area contributed by atoms with E-state index in [-0.39, 0.29) is 11.7 Å². The summed E-state index contributed by atoms with van der Waals surface area (Å²) in [7, 11) is 0. The molecule has 1 aromatic carbocycles. The lowest BCUT2D eigenvalue weighted by atomic mass is 9.99. The maximum absolute atomic E-state index is 13.3. The Bertz CT molecular complexity index is 987. The lowest BCUT2D eigenvalue weighted by molar-refractivity contribution is 0.0917. The van der Waals surface area contributed by atoms with Gasteiger partial charge in [-0.25, -0.2) is 9.37 Å². The van der Waals surface area contributed by atoms with Crippen LogP contribution in [0.5, 0.6) is 0 Å². The Balaban J connectivity index is 1.12. The summed E-state index contributed by atoms with van der Waals surface area (Å²) < 4.78 is 13.3. The average molecular weight is 480 g/mol. The highest BCUT2D eigenvalue weighted by atomic mass is 19.1. The molecule has 188 valence electrons. The molecule has 35 heavy (non-hydrogen) atoms. The number of rotatable bonds is 7. The van der Waals surface area contributed by atoms with Gasteiger partial charge in [0.2, 0.25) is 0 Å². The molecule has 0 radical (unpaired) electrons. The zero-order chi connectivity index (χ0) is 24.2. The molecular weight excluding hydrogens is 441 g/mol. The van der Waals surface area contributed by atoms with Crippen LogP contribution in [0.2, 0.25) is 0 Å². The second kappa shape index (κ2) is 11.0. The number of carbonyl (C=O) groups excluding carboxylic acids is 1. The molecule has 2 aromatic rings. The first-order valence-corrected chi connectivity index (χ1v) is 13.3. The van der Waals surface area contributed by atoms with E-state index in [2.05, 4.69) is 26.9 Å². The van der Waals surface area contributed by atoms with Crippen LogP contribution in [-0.4, -0.2) is 72.5 Å². The largest absolute Gasteiger partial charge is 0.355 e. The quantitative estimate of drug-likeness (QED) is 0.648. The molecule has 1 aromatic heterocycles. The molecule has 7 heteroatoms. The fourth-order valence-electron chi connectivity index (χ4n) is 5.50. The summed E-state index contributed by atoms with van der Waals surface area (Å²) in [6, 6.07) is 13.7. The highest BCUT2D eigenvalue weighted by Gasteiger charge is 2.29. The summed E-state index contributed by atoms with van der Waals surface area (Å²) in [5.41, 5.74) is 1.71. The standard InChI is InChI=1S/C28H38FN5O/c1-21(23-8-10-24(29)11-9-23)32-16-12-25(13-17-32)33-14-3-15-34(19-18-33)27-5-2-4-26(31-27)28(35)30-20-22-6-7-22/h2,4-5,8-11,21-22,25H,3,6-7,12-20H2,1H3,(H,30,35). The summed E-state index contributed by atoms with van der Waals surface area (Å²) in [4.78, 5) is 24.7. The van der Waals surface area contributed by atoms with E-state index in [1.165, 1.54) is 31.2 Å². The molecule has 3 aliphatic rings. The van der Waals surface area contributed by atoms with Crippen molar-refractivity contribution in [1.82, 2.24) is 20.1 Å². The van der Waals surface area contributed by atoms with E-state index in [4.69, 9.17) is 4.98 Å². The van der Waals surface area contributed by atoms with E-state index < -0.39 is 0 Å². The van der Waals surface area contributed by atoms with E-state index in [0.29, 0.717) is 23.7 Å². The Kier molecular flexibility index (Phi) is 7.63. The van der Waals surface area contributed by atoms with Crippen LogP contribution in [0.15, 0.2) is 42.5 Å². The number of hydrogen-bond acceptors (Lipinski definition) is 5. The number of carbonyl (C=O) groups is 1. The first-order chi connectivity index (χ1) is 17.1. The van der Waals surface area contributed by atoms with Gasteiger partial charge in [-0.3, -0.25) is 14.6 Å². The Morgan fingerprint density at radius 3 is 2.51 bits per heavy atom. The second-order valence-electron chi connectivity index (χ2n) is 10.4. The lowest BCUT2D eigenvalue weighted by Gasteiger charge is -2.40. The van der Waals surface area contributed by atoms with Crippen molar-refractivity contribution in [2.24, 2.45) is 5.92 Å². The van der Waals surface area contributed by atoms with Gasteiger partial charge in [-0.15, -0.1) is 0 Å². The van der Waals surface area contributed by atoms with Crippen LogP contribution in [0.3, 0.4) is 0 Å². The summed E-state index contributed by atoms with van der Waals surface area (Å²) in [5.74, 6) is 1.34. The Hall–Kier alpha value is -2.51. The van der Waals surface area contributed by atoms with E-state index >= 15 is 0 Å². The minimum absolute atomic E-state index is 0.0585. The first-order valence-electron chi connectivity index (χ1n) is 13.3. The average Bonchev–Trinajstić information content (AvgIpc) is 3.74. The molecule has 2 saturated heterocycles. The lowest BCUT2D eigenvalue weighted by Crippen LogP contribution is -2.46. The molecule has 1 N–H and O–H groups in total. The molecule has 3 heterocycles. The van der Waals surface area contributed by atoms with Crippen LogP contribution in [0.4, 0.5) is 10.2 Å². The van der Waals surface area contributed by atoms with Crippen LogP contribution >= 0.6 is 0 Å². The Morgan fingerprint density at radius 2 is 1.77 bits per heavy atom. The summed E-state index contributed by atoms with van der Waals surface area (Å²) in [6.45, 7) is 9.18. The number of benzene rings is 1. The highest BCUT2D eigenvalue weighted by Crippen LogP contribution is 2.28. The van der Waals surface area contributed by atoms with Crippen LogP contribution < -0.4 is 10.2 Å². The van der Waals surface area contributed by atoms with Gasteiger partial charge in [-0.2, -0.15) is 0 Å². The highest BCUT2D eigenvalue weighted by molar-refractivity contribution is 5.92. The number of piperidine rings is 1. The van der Waals surface area contributed by atoms with Crippen LogP contribution in [-0.2, 0) is 0 Å².